The molecule has 0 aliphatic rings. The van der Waals surface area contributed by atoms with E-state index in [1.54, 1.807) is 0 Å². The lowest BCUT2D eigenvalue weighted by Gasteiger charge is -2.15. The van der Waals surface area contributed by atoms with Crippen LogP contribution in [-0.4, -0.2) is 9.13 Å². The molecule has 0 saturated heterocycles. The van der Waals surface area contributed by atoms with Gasteiger partial charge in [-0.1, -0.05) is 103 Å². The van der Waals surface area contributed by atoms with E-state index in [0.717, 1.165) is 55.4 Å². The molecule has 48 heavy (non-hydrogen) atoms. The molecule has 4 nitrogen and oxygen atoms in total. The zero-order chi connectivity index (χ0) is 32.2. The maximum atomic E-state index is 10.3. The van der Waals surface area contributed by atoms with E-state index < -0.39 is 0 Å². The minimum atomic E-state index is 0.566. The number of hydrogen-bond acceptors (Lipinski definition) is 2. The topological polar surface area (TPSA) is 57.4 Å². The van der Waals surface area contributed by atoms with Crippen molar-refractivity contribution >= 4 is 43.6 Å². The van der Waals surface area contributed by atoms with Crippen molar-refractivity contribution in [3.63, 3.8) is 0 Å². The Hall–Kier alpha value is -6.88. The zero-order valence-electron chi connectivity index (χ0n) is 25.8. The van der Waals surface area contributed by atoms with Crippen LogP contribution in [0.15, 0.2) is 158 Å². The van der Waals surface area contributed by atoms with Gasteiger partial charge in [-0.15, -0.1) is 0 Å². The maximum absolute atomic E-state index is 10.3. The lowest BCUT2D eigenvalue weighted by atomic mass is 9.96. The molecule has 0 aliphatic carbocycles. The molecule has 9 aromatic rings. The Morgan fingerprint density at radius 3 is 1.65 bits per heavy atom. The first-order chi connectivity index (χ1) is 23.7. The summed E-state index contributed by atoms with van der Waals surface area (Å²) in [5.74, 6) is 0. The molecule has 2 aromatic heterocycles. The first kappa shape index (κ1) is 27.4. The predicted molar refractivity (Wildman–Crippen MR) is 195 cm³/mol. The van der Waals surface area contributed by atoms with Crippen LogP contribution in [0.5, 0.6) is 0 Å². The van der Waals surface area contributed by atoms with Gasteiger partial charge in [0.25, 0.3) is 0 Å². The summed E-state index contributed by atoms with van der Waals surface area (Å²) in [6.45, 7) is 0. The van der Waals surface area contributed by atoms with Gasteiger partial charge in [0.1, 0.15) is 6.07 Å². The highest BCUT2D eigenvalue weighted by Gasteiger charge is 2.19. The van der Waals surface area contributed by atoms with E-state index in [1.165, 1.54) is 21.8 Å². The fraction of sp³-hybridized carbons (Fsp3) is 0. The Morgan fingerprint density at radius 1 is 0.375 bits per heavy atom. The van der Waals surface area contributed by atoms with Crippen LogP contribution in [0.25, 0.3) is 77.2 Å². The van der Waals surface area contributed by atoms with Crippen molar-refractivity contribution in [2.75, 3.05) is 0 Å². The molecule has 0 radical (unpaired) electrons. The molecule has 9 rings (SSSR count). The summed E-state index contributed by atoms with van der Waals surface area (Å²) >= 11 is 0. The zero-order valence-corrected chi connectivity index (χ0v) is 25.8. The molecule has 0 aliphatic heterocycles. The standard InChI is InChI=1S/C44H26N4/c45-27-32-24-23-30(26-43(32)48-41-21-8-4-17-37(41)44-33(28-46)13-10-22-42(44)48)29-11-9-12-31(25-29)34-14-1-5-18-38(34)47-39-19-6-2-15-35(39)36-16-3-7-20-40(36)47/h1-26H. The average molecular weight is 611 g/mol. The number of rotatable bonds is 4. The van der Waals surface area contributed by atoms with E-state index >= 15 is 0 Å². The second-order valence-electron chi connectivity index (χ2n) is 12.0. The molecule has 4 heteroatoms. The number of aromatic nitrogens is 2. The minimum Gasteiger partial charge on any atom is -0.309 e. The molecule has 0 N–H and O–H groups in total. The molecule has 0 bridgehead atoms. The van der Waals surface area contributed by atoms with E-state index in [1.807, 2.05) is 48.5 Å². The molecule has 7 aromatic carbocycles. The molecular weight excluding hydrogens is 585 g/mol. The smallest absolute Gasteiger partial charge is 0.101 e. The van der Waals surface area contributed by atoms with E-state index in [0.29, 0.717) is 11.1 Å². The second-order valence-corrected chi connectivity index (χ2v) is 12.0. The SMILES string of the molecule is N#Cc1ccc(-c2cccc(-c3ccccc3-n3c4ccccc4c4ccccc43)c2)cc1-n1c2ccccc2c2c(C#N)cccc21. The first-order valence-corrected chi connectivity index (χ1v) is 15.9. The van der Waals surface area contributed by atoms with Crippen LogP contribution in [0.1, 0.15) is 11.1 Å². The van der Waals surface area contributed by atoms with Gasteiger partial charge >= 0.3 is 0 Å². The fourth-order valence-electron chi connectivity index (χ4n) is 7.32. The highest BCUT2D eigenvalue weighted by Crippen LogP contribution is 2.39. The first-order valence-electron chi connectivity index (χ1n) is 15.9. The number of nitriles is 2. The van der Waals surface area contributed by atoms with Gasteiger partial charge in [-0.05, 0) is 71.3 Å². The Balaban J connectivity index is 1.23. The predicted octanol–water partition coefficient (Wildman–Crippen LogP) is 11.0. The molecule has 2 heterocycles. The summed E-state index contributed by atoms with van der Waals surface area (Å²) < 4.78 is 4.49. The van der Waals surface area contributed by atoms with Gasteiger partial charge in [-0.25, -0.2) is 0 Å². The molecule has 0 spiro atoms. The van der Waals surface area contributed by atoms with Gasteiger partial charge in [0.15, 0.2) is 0 Å². The lowest BCUT2D eigenvalue weighted by molar-refractivity contribution is 1.17. The van der Waals surface area contributed by atoms with E-state index in [2.05, 4.69) is 130 Å². The summed E-state index contributed by atoms with van der Waals surface area (Å²) in [6, 6.07) is 59.0. The minimum absolute atomic E-state index is 0.566. The molecule has 0 unspecified atom stereocenters. The molecule has 0 atom stereocenters. The quantitative estimate of drug-likeness (QED) is 0.199. The summed E-state index contributed by atoms with van der Waals surface area (Å²) in [4.78, 5) is 0. The Morgan fingerprint density at radius 2 is 0.917 bits per heavy atom. The average Bonchev–Trinajstić information content (AvgIpc) is 3.68. The number of hydrogen-bond donors (Lipinski definition) is 0. The van der Waals surface area contributed by atoms with E-state index in [9.17, 15) is 10.5 Å². The number of benzene rings is 7. The van der Waals surface area contributed by atoms with Crippen LogP contribution in [0.4, 0.5) is 0 Å². The van der Waals surface area contributed by atoms with Crippen molar-refractivity contribution in [3.8, 4) is 45.8 Å². The molecule has 0 fully saturated rings. The van der Waals surface area contributed by atoms with Crippen molar-refractivity contribution in [2.24, 2.45) is 0 Å². The number of fused-ring (bicyclic) bond motifs is 6. The van der Waals surface area contributed by atoms with Crippen LogP contribution in [-0.2, 0) is 0 Å². The van der Waals surface area contributed by atoms with Crippen molar-refractivity contribution in [3.05, 3.63) is 169 Å². The highest BCUT2D eigenvalue weighted by atomic mass is 15.0. The normalized spacial score (nSPS) is 11.3. The van der Waals surface area contributed by atoms with Crippen LogP contribution in [0.2, 0.25) is 0 Å². The van der Waals surface area contributed by atoms with Gasteiger partial charge in [-0.2, -0.15) is 10.5 Å². The summed E-state index contributed by atoms with van der Waals surface area (Å²) in [5.41, 5.74) is 11.6. The van der Waals surface area contributed by atoms with Gasteiger partial charge < -0.3 is 9.13 Å². The van der Waals surface area contributed by atoms with Crippen LogP contribution < -0.4 is 0 Å². The Bertz CT molecular complexity index is 2760. The summed E-state index contributed by atoms with van der Waals surface area (Å²) in [6.07, 6.45) is 0. The molecule has 222 valence electrons. The third kappa shape index (κ3) is 4.07. The number of para-hydroxylation sites is 4. The van der Waals surface area contributed by atoms with Crippen molar-refractivity contribution in [1.82, 2.24) is 9.13 Å². The van der Waals surface area contributed by atoms with E-state index in [4.69, 9.17) is 0 Å². The third-order valence-corrected chi connectivity index (χ3v) is 9.41. The van der Waals surface area contributed by atoms with Crippen LogP contribution >= 0.6 is 0 Å². The Labute approximate surface area is 277 Å². The van der Waals surface area contributed by atoms with Crippen LogP contribution in [0.3, 0.4) is 0 Å². The van der Waals surface area contributed by atoms with E-state index in [-0.39, 0.29) is 0 Å². The van der Waals surface area contributed by atoms with Gasteiger partial charge in [0.05, 0.1) is 50.6 Å². The van der Waals surface area contributed by atoms with Crippen molar-refractivity contribution in [2.45, 2.75) is 0 Å². The molecule has 0 amide bonds. The molecular formula is C44H26N4. The Kier molecular flexibility index (Phi) is 6.22. The van der Waals surface area contributed by atoms with Gasteiger partial charge in [0, 0.05) is 27.1 Å². The second kappa shape index (κ2) is 10.9. The third-order valence-electron chi connectivity index (χ3n) is 9.41. The van der Waals surface area contributed by atoms with Crippen LogP contribution in [0, 0.1) is 22.7 Å². The lowest BCUT2D eigenvalue weighted by Crippen LogP contribution is -1.99. The van der Waals surface area contributed by atoms with Gasteiger partial charge in [0.2, 0.25) is 0 Å². The van der Waals surface area contributed by atoms with Crippen molar-refractivity contribution in [1.29, 1.82) is 10.5 Å². The monoisotopic (exact) mass is 610 g/mol. The number of nitrogens with zero attached hydrogens (tertiary/aromatic N) is 4. The summed E-state index contributed by atoms with van der Waals surface area (Å²) in [7, 11) is 0. The maximum Gasteiger partial charge on any atom is 0.101 e. The summed E-state index contributed by atoms with van der Waals surface area (Å²) in [5, 5.41) is 24.6. The fourth-order valence-corrected chi connectivity index (χ4v) is 7.32. The highest BCUT2D eigenvalue weighted by molar-refractivity contribution is 6.12. The van der Waals surface area contributed by atoms with Crippen molar-refractivity contribution < 1.29 is 0 Å². The molecule has 0 saturated carbocycles. The van der Waals surface area contributed by atoms with Gasteiger partial charge in [-0.3, -0.25) is 0 Å². The largest absolute Gasteiger partial charge is 0.309 e.